The Bertz CT molecular complexity index is 285. The molecule has 0 saturated carbocycles. The molecule has 0 aromatic heterocycles. The van der Waals surface area contributed by atoms with Crippen LogP contribution in [0.25, 0.3) is 0 Å². The van der Waals surface area contributed by atoms with Crippen molar-refractivity contribution >= 4 is 5.78 Å². The minimum atomic E-state index is 0.266. The zero-order valence-electron chi connectivity index (χ0n) is 9.05. The van der Waals surface area contributed by atoms with E-state index in [1.165, 1.54) is 17.5 Å². The highest BCUT2D eigenvalue weighted by Crippen LogP contribution is 2.08. The van der Waals surface area contributed by atoms with Gasteiger partial charge in [-0.05, 0) is 30.9 Å². The van der Waals surface area contributed by atoms with Gasteiger partial charge < -0.3 is 4.79 Å². The Kier molecular flexibility index (Phi) is 4.37. The van der Waals surface area contributed by atoms with Gasteiger partial charge in [0, 0.05) is 6.42 Å². The highest BCUT2D eigenvalue weighted by molar-refractivity contribution is 5.75. The lowest BCUT2D eigenvalue weighted by Crippen LogP contribution is -1.94. The molecule has 0 heterocycles. The fourth-order valence-corrected chi connectivity index (χ4v) is 1.48. The number of ketones is 1. The van der Waals surface area contributed by atoms with Gasteiger partial charge in [0.05, 0.1) is 0 Å². The van der Waals surface area contributed by atoms with Crippen LogP contribution in [-0.4, -0.2) is 5.78 Å². The van der Waals surface area contributed by atoms with Crippen molar-refractivity contribution in [2.24, 2.45) is 0 Å². The summed E-state index contributed by atoms with van der Waals surface area (Å²) in [6.07, 6.45) is 3.87. The van der Waals surface area contributed by atoms with Crippen LogP contribution in [0.4, 0.5) is 0 Å². The maximum Gasteiger partial charge on any atom is 0.130 e. The number of carbonyl (C=O) groups is 1. The molecule has 0 aliphatic rings. The zero-order chi connectivity index (χ0) is 10.4. The first-order valence-corrected chi connectivity index (χ1v) is 5.29. The van der Waals surface area contributed by atoms with Gasteiger partial charge in [0.25, 0.3) is 0 Å². The minimum absolute atomic E-state index is 0.266. The van der Waals surface area contributed by atoms with Crippen LogP contribution >= 0.6 is 0 Å². The molecule has 0 spiro atoms. The average Bonchev–Trinajstić information content (AvgIpc) is 2.17. The summed E-state index contributed by atoms with van der Waals surface area (Å²) < 4.78 is 0. The molecule has 0 radical (unpaired) electrons. The van der Waals surface area contributed by atoms with Crippen molar-refractivity contribution < 1.29 is 4.79 Å². The Morgan fingerprint density at radius 3 is 2.00 bits per heavy atom. The Hall–Kier alpha value is -1.11. The number of aryl methyl sites for hydroxylation is 2. The molecule has 0 unspecified atom stereocenters. The second kappa shape index (κ2) is 5.58. The topological polar surface area (TPSA) is 17.1 Å². The fourth-order valence-electron chi connectivity index (χ4n) is 1.48. The van der Waals surface area contributed by atoms with E-state index in [1.807, 2.05) is 0 Å². The van der Waals surface area contributed by atoms with Crippen molar-refractivity contribution in [1.82, 2.24) is 0 Å². The molecule has 0 amide bonds. The fraction of sp³-hybridized carbons (Fsp3) is 0.462. The van der Waals surface area contributed by atoms with Crippen molar-refractivity contribution in [2.45, 2.75) is 39.5 Å². The van der Waals surface area contributed by atoms with E-state index < -0.39 is 0 Å². The van der Waals surface area contributed by atoms with E-state index >= 15 is 0 Å². The maximum atomic E-state index is 10.8. The summed E-state index contributed by atoms with van der Waals surface area (Å²) in [6.45, 7) is 3.83. The van der Waals surface area contributed by atoms with Gasteiger partial charge in [-0.25, -0.2) is 0 Å². The van der Waals surface area contributed by atoms with Gasteiger partial charge in [-0.2, -0.15) is 0 Å². The van der Waals surface area contributed by atoms with E-state index in [4.69, 9.17) is 0 Å². The van der Waals surface area contributed by atoms with Gasteiger partial charge in [0.2, 0.25) is 0 Å². The number of hydrogen-bond acceptors (Lipinski definition) is 1. The van der Waals surface area contributed by atoms with Crippen LogP contribution in [-0.2, 0) is 17.6 Å². The summed E-state index contributed by atoms with van der Waals surface area (Å²) in [5.74, 6) is 0.266. The van der Waals surface area contributed by atoms with Crippen LogP contribution in [0, 0.1) is 0 Å². The molecule has 0 atom stereocenters. The van der Waals surface area contributed by atoms with Gasteiger partial charge in [0.15, 0.2) is 0 Å². The molecule has 76 valence electrons. The summed E-state index contributed by atoms with van der Waals surface area (Å²) in [4.78, 5) is 10.8. The molecular formula is C13H18O. The highest BCUT2D eigenvalue weighted by atomic mass is 16.1. The third-order valence-corrected chi connectivity index (χ3v) is 2.33. The first kappa shape index (κ1) is 11.0. The molecule has 1 aromatic carbocycles. The van der Waals surface area contributed by atoms with E-state index in [-0.39, 0.29) is 5.78 Å². The first-order chi connectivity index (χ1) is 6.72. The lowest BCUT2D eigenvalue weighted by molar-refractivity contribution is -0.116. The summed E-state index contributed by atoms with van der Waals surface area (Å²) in [5, 5.41) is 0. The highest BCUT2D eigenvalue weighted by Gasteiger charge is 1.97. The number of benzene rings is 1. The molecule has 1 heteroatoms. The smallest absolute Gasteiger partial charge is 0.130 e. The molecule has 14 heavy (non-hydrogen) atoms. The van der Waals surface area contributed by atoms with Crippen molar-refractivity contribution in [2.75, 3.05) is 0 Å². The van der Waals surface area contributed by atoms with Crippen LogP contribution < -0.4 is 0 Å². The standard InChI is InChI=1S/C13H18O/c1-3-4-12-7-9-13(10-8-12)6-5-11(2)14/h7-10H,3-6H2,1-2H3. The predicted octanol–water partition coefficient (Wildman–Crippen LogP) is 3.16. The van der Waals surface area contributed by atoms with Crippen LogP contribution in [0.5, 0.6) is 0 Å². The molecule has 1 rings (SSSR count). The normalized spacial score (nSPS) is 10.1. The largest absolute Gasteiger partial charge is 0.300 e. The quantitative estimate of drug-likeness (QED) is 0.697. The lowest BCUT2D eigenvalue weighted by atomic mass is 10.0. The summed E-state index contributed by atoms with van der Waals surface area (Å²) in [6, 6.07) is 8.60. The molecular weight excluding hydrogens is 172 g/mol. The summed E-state index contributed by atoms with van der Waals surface area (Å²) in [5.41, 5.74) is 2.65. The SMILES string of the molecule is CCCc1ccc(CCC(C)=O)cc1. The molecule has 0 bridgehead atoms. The third-order valence-electron chi connectivity index (χ3n) is 2.33. The van der Waals surface area contributed by atoms with Crippen LogP contribution in [0.3, 0.4) is 0 Å². The minimum Gasteiger partial charge on any atom is -0.300 e. The van der Waals surface area contributed by atoms with Crippen molar-refractivity contribution in [1.29, 1.82) is 0 Å². The molecule has 0 aliphatic carbocycles. The van der Waals surface area contributed by atoms with Gasteiger partial charge in [-0.15, -0.1) is 0 Å². The van der Waals surface area contributed by atoms with Crippen molar-refractivity contribution in [3.8, 4) is 0 Å². The van der Waals surface area contributed by atoms with E-state index in [0.717, 1.165) is 12.8 Å². The Balaban J connectivity index is 2.50. The second-order valence-electron chi connectivity index (χ2n) is 3.77. The number of hydrogen-bond donors (Lipinski definition) is 0. The number of carbonyl (C=O) groups excluding carboxylic acids is 1. The van der Waals surface area contributed by atoms with E-state index in [1.54, 1.807) is 6.92 Å². The van der Waals surface area contributed by atoms with Crippen LogP contribution in [0.1, 0.15) is 37.8 Å². The third kappa shape index (κ3) is 3.73. The van der Waals surface area contributed by atoms with Gasteiger partial charge >= 0.3 is 0 Å². The monoisotopic (exact) mass is 190 g/mol. The van der Waals surface area contributed by atoms with E-state index in [2.05, 4.69) is 31.2 Å². The molecule has 1 aromatic rings. The Morgan fingerprint density at radius 2 is 1.57 bits per heavy atom. The van der Waals surface area contributed by atoms with Crippen LogP contribution in [0.2, 0.25) is 0 Å². The summed E-state index contributed by atoms with van der Waals surface area (Å²) in [7, 11) is 0. The molecule has 0 N–H and O–H groups in total. The number of rotatable bonds is 5. The van der Waals surface area contributed by atoms with Gasteiger partial charge in [-0.1, -0.05) is 37.6 Å². The average molecular weight is 190 g/mol. The zero-order valence-corrected chi connectivity index (χ0v) is 9.05. The molecule has 1 nitrogen and oxygen atoms in total. The molecule has 0 fully saturated rings. The lowest BCUT2D eigenvalue weighted by Gasteiger charge is -2.01. The van der Waals surface area contributed by atoms with E-state index in [9.17, 15) is 4.79 Å². The second-order valence-corrected chi connectivity index (χ2v) is 3.77. The van der Waals surface area contributed by atoms with E-state index in [0.29, 0.717) is 6.42 Å². The Labute approximate surface area is 86.1 Å². The van der Waals surface area contributed by atoms with Gasteiger partial charge in [-0.3, -0.25) is 0 Å². The van der Waals surface area contributed by atoms with Crippen LogP contribution in [0.15, 0.2) is 24.3 Å². The maximum absolute atomic E-state index is 10.8. The summed E-state index contributed by atoms with van der Waals surface area (Å²) >= 11 is 0. The van der Waals surface area contributed by atoms with Crippen molar-refractivity contribution in [3.63, 3.8) is 0 Å². The molecule has 0 aliphatic heterocycles. The van der Waals surface area contributed by atoms with Gasteiger partial charge in [0.1, 0.15) is 5.78 Å². The Morgan fingerprint density at radius 1 is 1.07 bits per heavy atom. The number of Topliss-reactive ketones (excluding diaryl/α,β-unsaturated/α-hetero) is 1. The molecule has 0 saturated heterocycles. The first-order valence-electron chi connectivity index (χ1n) is 5.29. The predicted molar refractivity (Wildman–Crippen MR) is 59.4 cm³/mol. The van der Waals surface area contributed by atoms with Crippen molar-refractivity contribution in [3.05, 3.63) is 35.4 Å².